The molecule has 1 aromatic heterocycles. The van der Waals surface area contributed by atoms with E-state index in [1.165, 1.54) is 12.1 Å². The normalized spacial score (nSPS) is 32.0. The SMILES string of the molecule is O=S1(=O)[C@H](c2ccccc2)CC[C@H]2N1Cc1c(F)cc(N3C[C@@H]4C(n5cnnc5)[C@@H]4C3)cc1C2(F)F. The van der Waals surface area contributed by atoms with Crippen molar-refractivity contribution in [3.63, 3.8) is 0 Å². The second-order valence-electron chi connectivity index (χ2n) is 10.3. The first-order valence-corrected chi connectivity index (χ1v) is 13.6. The van der Waals surface area contributed by atoms with Crippen molar-refractivity contribution in [2.75, 3.05) is 18.0 Å². The number of benzene rings is 2. The van der Waals surface area contributed by atoms with Crippen LogP contribution in [0.3, 0.4) is 0 Å². The first-order valence-electron chi connectivity index (χ1n) is 12.1. The van der Waals surface area contributed by atoms with Gasteiger partial charge in [0.1, 0.15) is 23.7 Å². The number of aromatic nitrogens is 3. The molecule has 0 N–H and O–H groups in total. The Balaban J connectivity index is 1.19. The first-order chi connectivity index (χ1) is 17.3. The van der Waals surface area contributed by atoms with Gasteiger partial charge >= 0.3 is 0 Å². The van der Waals surface area contributed by atoms with Crippen LogP contribution >= 0.6 is 0 Å². The van der Waals surface area contributed by atoms with Crippen LogP contribution < -0.4 is 4.90 Å². The van der Waals surface area contributed by atoms with Gasteiger partial charge in [0, 0.05) is 54.3 Å². The molecule has 4 heterocycles. The minimum Gasteiger partial charge on any atom is -0.371 e. The fourth-order valence-electron chi connectivity index (χ4n) is 6.62. The van der Waals surface area contributed by atoms with Gasteiger partial charge < -0.3 is 9.47 Å². The molecule has 0 amide bonds. The van der Waals surface area contributed by atoms with Crippen molar-refractivity contribution in [3.8, 4) is 0 Å². The molecule has 2 saturated heterocycles. The minimum atomic E-state index is -4.10. The van der Waals surface area contributed by atoms with E-state index in [0.29, 0.717) is 42.2 Å². The van der Waals surface area contributed by atoms with Crippen LogP contribution in [0.25, 0.3) is 0 Å². The van der Waals surface area contributed by atoms with E-state index >= 15 is 13.2 Å². The quantitative estimate of drug-likeness (QED) is 0.530. The van der Waals surface area contributed by atoms with Gasteiger partial charge in [-0.25, -0.2) is 12.8 Å². The van der Waals surface area contributed by atoms with Crippen LogP contribution in [0.15, 0.2) is 55.1 Å². The van der Waals surface area contributed by atoms with Gasteiger partial charge in [0.15, 0.2) is 0 Å². The molecule has 1 aliphatic carbocycles. The highest BCUT2D eigenvalue weighted by atomic mass is 32.2. The molecular formula is C25H24F3N5O2S. The van der Waals surface area contributed by atoms with E-state index in [4.69, 9.17) is 0 Å². The number of hydrogen-bond acceptors (Lipinski definition) is 5. The molecular weight excluding hydrogens is 491 g/mol. The highest BCUT2D eigenvalue weighted by Gasteiger charge is 2.59. The molecule has 1 unspecified atom stereocenters. The number of anilines is 1. The third kappa shape index (κ3) is 3.11. The van der Waals surface area contributed by atoms with E-state index in [1.807, 2.05) is 9.47 Å². The lowest BCUT2D eigenvalue weighted by Gasteiger charge is -2.46. The summed E-state index contributed by atoms with van der Waals surface area (Å²) >= 11 is 0. The Kier molecular flexibility index (Phi) is 4.67. The highest BCUT2D eigenvalue weighted by molar-refractivity contribution is 7.89. The minimum absolute atomic E-state index is 0.00552. The molecule has 1 saturated carbocycles. The molecule has 36 heavy (non-hydrogen) atoms. The lowest BCUT2D eigenvalue weighted by atomic mass is 9.87. The maximum atomic E-state index is 15.9. The summed E-state index contributed by atoms with van der Waals surface area (Å²) in [5.41, 5.74) is 0.375. The van der Waals surface area contributed by atoms with Crippen LogP contribution in [0.5, 0.6) is 0 Å². The number of halogens is 3. The number of sulfonamides is 1. The fraction of sp³-hybridized carbons (Fsp3) is 0.440. The molecule has 0 bridgehead atoms. The summed E-state index contributed by atoms with van der Waals surface area (Å²) in [5, 5.41) is 6.78. The van der Waals surface area contributed by atoms with Crippen molar-refractivity contribution in [1.29, 1.82) is 0 Å². The molecule has 3 aromatic rings. The highest BCUT2D eigenvalue weighted by Crippen LogP contribution is 2.57. The molecule has 7 rings (SSSR count). The van der Waals surface area contributed by atoms with Crippen molar-refractivity contribution >= 4 is 15.7 Å². The number of hydrogen-bond donors (Lipinski definition) is 0. The van der Waals surface area contributed by atoms with E-state index in [0.717, 1.165) is 4.31 Å². The van der Waals surface area contributed by atoms with Crippen molar-refractivity contribution in [1.82, 2.24) is 19.1 Å². The van der Waals surface area contributed by atoms with Gasteiger partial charge in [-0.3, -0.25) is 0 Å². The monoisotopic (exact) mass is 515 g/mol. The van der Waals surface area contributed by atoms with Gasteiger partial charge in [-0.05, 0) is 30.5 Å². The zero-order chi connectivity index (χ0) is 24.8. The number of rotatable bonds is 3. The van der Waals surface area contributed by atoms with Gasteiger partial charge in [0.25, 0.3) is 5.92 Å². The van der Waals surface area contributed by atoms with Gasteiger partial charge in [-0.2, -0.15) is 13.1 Å². The number of piperidine rings is 1. The van der Waals surface area contributed by atoms with Crippen LogP contribution in [0.2, 0.25) is 0 Å². The zero-order valence-electron chi connectivity index (χ0n) is 19.2. The largest absolute Gasteiger partial charge is 0.371 e. The number of alkyl halides is 2. The lowest BCUT2D eigenvalue weighted by Crippen LogP contribution is -2.56. The smallest absolute Gasteiger partial charge is 0.290 e. The summed E-state index contributed by atoms with van der Waals surface area (Å²) in [5.74, 6) is -3.59. The predicted octanol–water partition coefficient (Wildman–Crippen LogP) is 3.87. The van der Waals surface area contributed by atoms with Crippen molar-refractivity contribution in [2.45, 2.75) is 42.6 Å². The number of fused-ring (bicyclic) bond motifs is 3. The lowest BCUT2D eigenvalue weighted by molar-refractivity contribution is -0.0871. The summed E-state index contributed by atoms with van der Waals surface area (Å²) in [7, 11) is -4.10. The van der Waals surface area contributed by atoms with Crippen molar-refractivity contribution in [2.24, 2.45) is 11.8 Å². The molecule has 3 aliphatic heterocycles. The Hall–Kier alpha value is -2.92. The summed E-state index contributed by atoms with van der Waals surface area (Å²) in [6.45, 7) is 0.897. The summed E-state index contributed by atoms with van der Waals surface area (Å²) in [6, 6.07) is 10.1. The second kappa shape index (κ2) is 7.55. The predicted molar refractivity (Wildman–Crippen MR) is 125 cm³/mol. The molecule has 5 atom stereocenters. The molecule has 7 nitrogen and oxygen atoms in total. The first kappa shape index (κ1) is 22.3. The average Bonchev–Trinajstić information content (AvgIpc) is 3.23. The fourth-order valence-corrected chi connectivity index (χ4v) is 8.78. The third-order valence-corrected chi connectivity index (χ3v) is 10.7. The molecule has 11 heteroatoms. The van der Waals surface area contributed by atoms with Crippen LogP contribution in [0, 0.1) is 17.7 Å². The van der Waals surface area contributed by atoms with Crippen LogP contribution in [0.1, 0.15) is 40.8 Å². The van der Waals surface area contributed by atoms with Gasteiger partial charge in [0.05, 0.1) is 6.04 Å². The average molecular weight is 516 g/mol. The Bertz CT molecular complexity index is 1420. The van der Waals surface area contributed by atoms with E-state index < -0.39 is 33.1 Å². The molecule has 188 valence electrons. The third-order valence-electron chi connectivity index (χ3n) is 8.47. The topological polar surface area (TPSA) is 71.3 Å². The van der Waals surface area contributed by atoms with Gasteiger partial charge in [0.2, 0.25) is 10.0 Å². The van der Waals surface area contributed by atoms with Crippen LogP contribution in [0.4, 0.5) is 18.9 Å². The van der Waals surface area contributed by atoms with E-state index in [9.17, 15) is 8.42 Å². The molecule has 4 aliphatic rings. The standard InChI is InChI=1S/C25H24F3N5O2S/c26-21-9-16(31-10-17-18(11-31)24(17)32-13-29-30-14-32)8-20-19(21)12-33-23(25(20,27)28)7-6-22(36(33,34)35)15-4-2-1-3-5-15/h1-5,8-9,13-14,17-18,22-24H,6-7,10-12H2/t17-,18+,22-,23+,24?/m0/s1. The maximum absolute atomic E-state index is 15.9. The van der Waals surface area contributed by atoms with Gasteiger partial charge in [-0.1, -0.05) is 30.3 Å². The maximum Gasteiger partial charge on any atom is 0.290 e. The molecule has 2 aromatic carbocycles. The Labute approximate surface area is 206 Å². The van der Waals surface area contributed by atoms with Crippen molar-refractivity contribution < 1.29 is 21.6 Å². The van der Waals surface area contributed by atoms with E-state index in [-0.39, 0.29) is 30.5 Å². The Morgan fingerprint density at radius 2 is 1.67 bits per heavy atom. The molecule has 0 radical (unpaired) electrons. The Morgan fingerprint density at radius 1 is 0.972 bits per heavy atom. The van der Waals surface area contributed by atoms with Crippen molar-refractivity contribution in [3.05, 3.63) is 77.6 Å². The summed E-state index contributed by atoms with van der Waals surface area (Å²) in [6.07, 6.45) is 3.46. The van der Waals surface area contributed by atoms with E-state index in [2.05, 4.69) is 10.2 Å². The van der Waals surface area contributed by atoms with E-state index in [1.54, 1.807) is 43.0 Å². The van der Waals surface area contributed by atoms with Crippen LogP contribution in [-0.2, 0) is 22.5 Å². The number of nitrogens with zero attached hydrogens (tertiary/aromatic N) is 5. The van der Waals surface area contributed by atoms with Crippen LogP contribution in [-0.4, -0.2) is 46.6 Å². The van der Waals surface area contributed by atoms with Gasteiger partial charge in [-0.15, -0.1) is 10.2 Å². The summed E-state index contributed by atoms with van der Waals surface area (Å²) in [4.78, 5) is 1.95. The Morgan fingerprint density at radius 3 is 2.36 bits per heavy atom. The summed E-state index contributed by atoms with van der Waals surface area (Å²) < 4.78 is 76.8. The second-order valence-corrected chi connectivity index (χ2v) is 12.4. The molecule has 3 fully saturated rings. The zero-order valence-corrected chi connectivity index (χ0v) is 20.0. The molecule has 0 spiro atoms.